The van der Waals surface area contributed by atoms with E-state index in [4.69, 9.17) is 0 Å². The van der Waals surface area contributed by atoms with Crippen molar-refractivity contribution in [3.8, 4) is 0 Å². The molecule has 0 rings (SSSR count). The first-order valence-electron chi connectivity index (χ1n) is 2.64. The highest BCUT2D eigenvalue weighted by atomic mass is 35.6. The number of halogens is 10. The van der Waals surface area contributed by atoms with Crippen molar-refractivity contribution in [3.63, 3.8) is 0 Å². The maximum atomic E-state index is 12.8. The Bertz CT molecular complexity index is 191. The fourth-order valence-corrected chi connectivity index (χ4v) is 1.15. The third-order valence-corrected chi connectivity index (χ3v) is 2.65. The summed E-state index contributed by atoms with van der Waals surface area (Å²) in [6.07, 6.45) is 0. The minimum absolute atomic E-state index is 3.65. The SMILES string of the molecule is FC(F)(Cl)C(F)(Cl)C(F)(F)C(Cl)(Cl)Cl. The van der Waals surface area contributed by atoms with Gasteiger partial charge in [-0.25, -0.2) is 4.39 Å². The molecule has 0 N–H and O–H groups in total. The van der Waals surface area contributed by atoms with Crippen molar-refractivity contribution < 1.29 is 22.0 Å². The summed E-state index contributed by atoms with van der Waals surface area (Å²) in [6.45, 7) is 0. The van der Waals surface area contributed by atoms with Gasteiger partial charge in [0.1, 0.15) is 0 Å². The molecule has 10 heteroatoms. The van der Waals surface area contributed by atoms with Crippen molar-refractivity contribution in [1.29, 1.82) is 0 Å². The molecule has 0 aliphatic heterocycles. The standard InChI is InChI=1S/C4Cl5F5/c5-1(10,4(9,13)14)2(11,12)3(6,7)8. The van der Waals surface area contributed by atoms with Crippen molar-refractivity contribution in [2.24, 2.45) is 0 Å². The van der Waals surface area contributed by atoms with Crippen LogP contribution in [-0.2, 0) is 0 Å². The second-order valence-electron chi connectivity index (χ2n) is 2.14. The van der Waals surface area contributed by atoms with Crippen LogP contribution in [0.4, 0.5) is 22.0 Å². The number of hydrogen-bond donors (Lipinski definition) is 0. The maximum absolute atomic E-state index is 12.8. The first-order valence-corrected chi connectivity index (χ1v) is 4.53. The predicted octanol–water partition coefficient (Wildman–Crippen LogP) is 4.73. The molecular formula is C4Cl5F5. The highest BCUT2D eigenvalue weighted by molar-refractivity contribution is 6.68. The molecule has 0 aliphatic carbocycles. The molecule has 0 radical (unpaired) electrons. The third-order valence-electron chi connectivity index (χ3n) is 1.11. The first-order chi connectivity index (χ1) is 5.75. The van der Waals surface area contributed by atoms with E-state index < -0.39 is 20.2 Å². The summed E-state index contributed by atoms with van der Waals surface area (Å²) in [4.78, 5) is 0. The lowest BCUT2D eigenvalue weighted by Gasteiger charge is -2.34. The molecule has 0 aromatic heterocycles. The predicted molar refractivity (Wildman–Crippen MR) is 45.7 cm³/mol. The normalized spacial score (nSPS) is 19.3. The highest BCUT2D eigenvalue weighted by Gasteiger charge is 2.76. The van der Waals surface area contributed by atoms with Crippen LogP contribution in [0.5, 0.6) is 0 Å². The van der Waals surface area contributed by atoms with Gasteiger partial charge in [-0.05, 0) is 11.6 Å². The van der Waals surface area contributed by atoms with Gasteiger partial charge in [-0.2, -0.15) is 17.6 Å². The Labute approximate surface area is 100 Å². The molecule has 1 atom stereocenters. The van der Waals surface area contributed by atoms with Crippen molar-refractivity contribution in [3.05, 3.63) is 0 Å². The number of alkyl halides is 10. The molecule has 0 aromatic carbocycles. The van der Waals surface area contributed by atoms with E-state index in [9.17, 15) is 22.0 Å². The van der Waals surface area contributed by atoms with E-state index >= 15 is 0 Å². The van der Waals surface area contributed by atoms with E-state index in [-0.39, 0.29) is 0 Å². The van der Waals surface area contributed by atoms with Crippen LogP contribution in [0.25, 0.3) is 0 Å². The molecule has 0 saturated heterocycles. The molecule has 0 spiro atoms. The van der Waals surface area contributed by atoms with Gasteiger partial charge in [0.2, 0.25) is 0 Å². The van der Waals surface area contributed by atoms with E-state index in [0.29, 0.717) is 0 Å². The second kappa shape index (κ2) is 3.84. The van der Waals surface area contributed by atoms with Crippen LogP contribution in [0.15, 0.2) is 0 Å². The highest BCUT2D eigenvalue weighted by Crippen LogP contribution is 2.58. The molecule has 0 heterocycles. The summed E-state index contributed by atoms with van der Waals surface area (Å²) in [5.41, 5.74) is 0. The molecule has 0 fully saturated rings. The van der Waals surface area contributed by atoms with E-state index in [2.05, 4.69) is 58.0 Å². The van der Waals surface area contributed by atoms with Crippen LogP contribution in [-0.4, -0.2) is 20.2 Å². The summed E-state index contributed by atoms with van der Waals surface area (Å²) in [5, 5.41) is -10.1. The second-order valence-corrected chi connectivity index (χ2v) is 5.42. The zero-order chi connectivity index (χ0) is 12.0. The fourth-order valence-electron chi connectivity index (χ4n) is 0.356. The van der Waals surface area contributed by atoms with Crippen LogP contribution >= 0.6 is 58.0 Å². The Hall–Kier alpha value is 1.10. The van der Waals surface area contributed by atoms with Crippen LogP contribution in [0.2, 0.25) is 0 Å². The van der Waals surface area contributed by atoms with E-state index in [0.717, 1.165) is 0 Å². The van der Waals surface area contributed by atoms with E-state index in [1.165, 1.54) is 0 Å². The van der Waals surface area contributed by atoms with E-state index in [1.54, 1.807) is 0 Å². The number of rotatable bonds is 2. The molecule has 86 valence electrons. The van der Waals surface area contributed by atoms with Gasteiger partial charge < -0.3 is 0 Å². The molecule has 0 aromatic rings. The third kappa shape index (κ3) is 2.43. The average molecular weight is 320 g/mol. The number of hydrogen-bond acceptors (Lipinski definition) is 0. The summed E-state index contributed by atoms with van der Waals surface area (Å²) in [6, 6.07) is 0. The Morgan fingerprint density at radius 3 is 1.00 bits per heavy atom. The molecule has 0 nitrogen and oxygen atoms in total. The van der Waals surface area contributed by atoms with Gasteiger partial charge in [0.15, 0.2) is 0 Å². The molecular weight excluding hydrogens is 320 g/mol. The quantitative estimate of drug-likeness (QED) is 0.510. The first kappa shape index (κ1) is 15.1. The summed E-state index contributed by atoms with van der Waals surface area (Å²) in [5.74, 6) is -5.17. The largest absolute Gasteiger partial charge is 0.375 e. The van der Waals surface area contributed by atoms with Gasteiger partial charge >= 0.3 is 16.4 Å². The smallest absolute Gasteiger partial charge is 0.211 e. The Kier molecular flexibility index (Phi) is 4.14. The van der Waals surface area contributed by atoms with Gasteiger partial charge in [-0.3, -0.25) is 0 Å². The minimum atomic E-state index is -5.17. The maximum Gasteiger partial charge on any atom is 0.375 e. The Morgan fingerprint density at radius 2 is 0.929 bits per heavy atom. The van der Waals surface area contributed by atoms with Crippen molar-refractivity contribution in [1.82, 2.24) is 0 Å². The molecule has 14 heavy (non-hydrogen) atoms. The topological polar surface area (TPSA) is 0 Å². The molecule has 0 amide bonds. The van der Waals surface area contributed by atoms with Gasteiger partial charge in [-0.1, -0.05) is 46.4 Å². The van der Waals surface area contributed by atoms with Crippen LogP contribution in [0.1, 0.15) is 0 Å². The van der Waals surface area contributed by atoms with Crippen molar-refractivity contribution >= 4 is 58.0 Å². The van der Waals surface area contributed by atoms with E-state index in [1.807, 2.05) is 0 Å². The zero-order valence-corrected chi connectivity index (χ0v) is 9.56. The lowest BCUT2D eigenvalue weighted by Crippen LogP contribution is -2.57. The zero-order valence-electron chi connectivity index (χ0n) is 5.78. The molecule has 0 saturated carbocycles. The summed E-state index contributed by atoms with van der Waals surface area (Å²) in [7, 11) is 0. The van der Waals surface area contributed by atoms with Gasteiger partial charge in [0.25, 0.3) is 3.79 Å². The summed E-state index contributed by atoms with van der Waals surface area (Å²) >= 11 is 22.0. The van der Waals surface area contributed by atoms with Crippen LogP contribution in [0, 0.1) is 0 Å². The van der Waals surface area contributed by atoms with Gasteiger partial charge in [0.05, 0.1) is 0 Å². The van der Waals surface area contributed by atoms with Crippen molar-refractivity contribution in [2.75, 3.05) is 0 Å². The molecule has 0 aliphatic rings. The Balaban J connectivity index is 5.30. The molecule has 1 unspecified atom stereocenters. The van der Waals surface area contributed by atoms with Gasteiger partial charge in [-0.15, -0.1) is 0 Å². The molecule has 0 bridgehead atoms. The van der Waals surface area contributed by atoms with Gasteiger partial charge in [0, 0.05) is 0 Å². The van der Waals surface area contributed by atoms with Crippen LogP contribution in [0.3, 0.4) is 0 Å². The lowest BCUT2D eigenvalue weighted by molar-refractivity contribution is -0.167. The fraction of sp³-hybridized carbons (Fsp3) is 1.00. The Morgan fingerprint density at radius 1 is 0.643 bits per heavy atom. The van der Waals surface area contributed by atoms with Crippen molar-refractivity contribution in [2.45, 2.75) is 20.2 Å². The monoisotopic (exact) mass is 318 g/mol. The van der Waals surface area contributed by atoms with Crippen LogP contribution < -0.4 is 0 Å². The minimum Gasteiger partial charge on any atom is -0.211 e. The average Bonchev–Trinajstić information content (AvgIpc) is 1.81. The lowest BCUT2D eigenvalue weighted by atomic mass is 10.2. The summed E-state index contributed by atoms with van der Waals surface area (Å²) < 4.78 is 58.8.